The highest BCUT2D eigenvalue weighted by atomic mass is 14.9. The van der Waals surface area contributed by atoms with Crippen LogP contribution in [0.5, 0.6) is 0 Å². The third kappa shape index (κ3) is 3.48. The summed E-state index contributed by atoms with van der Waals surface area (Å²) in [7, 11) is 0. The molecule has 0 unspecified atom stereocenters. The van der Waals surface area contributed by atoms with Gasteiger partial charge in [0.2, 0.25) is 0 Å². The van der Waals surface area contributed by atoms with Crippen LogP contribution in [0.4, 0.5) is 0 Å². The van der Waals surface area contributed by atoms with E-state index in [4.69, 9.17) is 15.0 Å². The quantitative estimate of drug-likeness (QED) is 0.254. The van der Waals surface area contributed by atoms with E-state index in [9.17, 15) is 0 Å². The molecule has 6 heteroatoms. The molecule has 0 saturated carbocycles. The number of hydrogen-bond donors (Lipinski definition) is 2. The first-order chi connectivity index (χ1) is 18.1. The van der Waals surface area contributed by atoms with E-state index < -0.39 is 0 Å². The second-order valence-corrected chi connectivity index (χ2v) is 9.86. The summed E-state index contributed by atoms with van der Waals surface area (Å²) in [6.07, 6.45) is 4.64. The number of nitrogens with zero attached hydrogens (tertiary/aromatic N) is 4. The predicted molar refractivity (Wildman–Crippen MR) is 151 cm³/mol. The second kappa shape index (κ2) is 8.23. The molecule has 0 atom stereocenters. The molecular formula is C31H26N6. The highest BCUT2D eigenvalue weighted by Crippen LogP contribution is 2.36. The first-order valence-corrected chi connectivity index (χ1v) is 12.7. The molecule has 0 bridgehead atoms. The summed E-state index contributed by atoms with van der Waals surface area (Å²) in [5.41, 5.74) is 8.12. The van der Waals surface area contributed by atoms with Gasteiger partial charge in [0.15, 0.2) is 0 Å². The predicted octanol–water partition coefficient (Wildman–Crippen LogP) is 7.56. The number of hydrogen-bond acceptors (Lipinski definition) is 4. The molecule has 4 heterocycles. The van der Waals surface area contributed by atoms with E-state index in [-0.39, 0.29) is 0 Å². The van der Waals surface area contributed by atoms with Gasteiger partial charge in [-0.2, -0.15) is 0 Å². The van der Waals surface area contributed by atoms with Crippen LogP contribution in [-0.2, 0) is 6.42 Å². The molecule has 0 amide bonds. The average Bonchev–Trinajstić information content (AvgIpc) is 3.61. The van der Waals surface area contributed by atoms with Crippen molar-refractivity contribution in [2.75, 3.05) is 0 Å². The van der Waals surface area contributed by atoms with Crippen LogP contribution in [0.15, 0.2) is 73.1 Å². The number of nitrogens with one attached hydrogen (secondary N) is 2. The number of aryl methyl sites for hydroxylation is 1. The van der Waals surface area contributed by atoms with Crippen molar-refractivity contribution in [2.45, 2.75) is 33.1 Å². The first-order valence-electron chi connectivity index (χ1n) is 12.7. The smallest absolute Gasteiger partial charge is 0.109 e. The standard InChI is InChI=1S/C31H26N6/c1-4-27-33-16-26(35-27)19-9-12-24-18(14-19)8-11-25(34-24)20-7-10-21-23(15-20)28-22(6-5-13-32-28)30-29(21)36-31(37-30)17(2)3/h5-17H,4H2,1-3H3,(H,33,35)(H,36,37). The zero-order valence-electron chi connectivity index (χ0n) is 21.0. The van der Waals surface area contributed by atoms with Crippen LogP contribution in [0, 0.1) is 0 Å². The van der Waals surface area contributed by atoms with Crippen molar-refractivity contribution in [2.24, 2.45) is 0 Å². The van der Waals surface area contributed by atoms with E-state index in [1.165, 1.54) is 0 Å². The van der Waals surface area contributed by atoms with Crippen LogP contribution < -0.4 is 0 Å². The van der Waals surface area contributed by atoms with E-state index >= 15 is 0 Å². The Bertz CT molecular complexity index is 1960. The van der Waals surface area contributed by atoms with Crippen molar-refractivity contribution >= 4 is 43.6 Å². The van der Waals surface area contributed by atoms with Crippen LogP contribution in [0.3, 0.4) is 0 Å². The number of fused-ring (bicyclic) bond motifs is 7. The van der Waals surface area contributed by atoms with Gasteiger partial charge in [-0.1, -0.05) is 45.0 Å². The molecule has 7 rings (SSSR count). The summed E-state index contributed by atoms with van der Waals surface area (Å²) in [6.45, 7) is 6.41. The fourth-order valence-electron chi connectivity index (χ4n) is 5.13. The zero-order valence-corrected chi connectivity index (χ0v) is 21.0. The number of aromatic nitrogens is 6. The van der Waals surface area contributed by atoms with E-state index in [1.807, 2.05) is 18.5 Å². The minimum atomic E-state index is 0.317. The van der Waals surface area contributed by atoms with E-state index in [0.29, 0.717) is 5.92 Å². The molecule has 0 spiro atoms. The van der Waals surface area contributed by atoms with Crippen molar-refractivity contribution in [3.05, 3.63) is 84.7 Å². The van der Waals surface area contributed by atoms with Gasteiger partial charge in [0.25, 0.3) is 0 Å². The van der Waals surface area contributed by atoms with Gasteiger partial charge in [0.05, 0.1) is 39.7 Å². The number of pyridine rings is 2. The summed E-state index contributed by atoms with van der Waals surface area (Å²) in [4.78, 5) is 26.1. The number of benzene rings is 3. The molecule has 0 aliphatic heterocycles. The topological polar surface area (TPSA) is 83.1 Å². The van der Waals surface area contributed by atoms with E-state index in [0.717, 1.165) is 84.2 Å². The Morgan fingerprint density at radius 3 is 2.51 bits per heavy atom. The lowest BCUT2D eigenvalue weighted by atomic mass is 9.99. The lowest BCUT2D eigenvalue weighted by Crippen LogP contribution is -1.89. The Morgan fingerprint density at radius 1 is 0.784 bits per heavy atom. The fraction of sp³-hybridized carbons (Fsp3) is 0.161. The van der Waals surface area contributed by atoms with Gasteiger partial charge in [-0.15, -0.1) is 0 Å². The highest BCUT2D eigenvalue weighted by molar-refractivity contribution is 6.22. The Labute approximate surface area is 213 Å². The molecule has 6 nitrogen and oxygen atoms in total. The van der Waals surface area contributed by atoms with Crippen LogP contribution in [0.1, 0.15) is 38.3 Å². The second-order valence-electron chi connectivity index (χ2n) is 9.86. The van der Waals surface area contributed by atoms with Gasteiger partial charge in [-0.05, 0) is 36.4 Å². The summed E-state index contributed by atoms with van der Waals surface area (Å²) >= 11 is 0. The molecular weight excluding hydrogens is 456 g/mol. The van der Waals surface area contributed by atoms with Crippen LogP contribution in [0.2, 0.25) is 0 Å². The van der Waals surface area contributed by atoms with Gasteiger partial charge >= 0.3 is 0 Å². The largest absolute Gasteiger partial charge is 0.342 e. The Hall–Kier alpha value is -4.58. The number of H-pyrrole nitrogens is 2. The van der Waals surface area contributed by atoms with Crippen molar-refractivity contribution in [1.82, 2.24) is 29.9 Å². The Kier molecular flexibility index (Phi) is 4.83. The van der Waals surface area contributed by atoms with Gasteiger partial charge < -0.3 is 9.97 Å². The lowest BCUT2D eigenvalue weighted by Gasteiger charge is -2.09. The van der Waals surface area contributed by atoms with Crippen LogP contribution in [-0.4, -0.2) is 29.9 Å². The van der Waals surface area contributed by atoms with Gasteiger partial charge in [0, 0.05) is 51.2 Å². The molecule has 0 aliphatic carbocycles. The van der Waals surface area contributed by atoms with Crippen molar-refractivity contribution < 1.29 is 0 Å². The summed E-state index contributed by atoms with van der Waals surface area (Å²) in [5.74, 6) is 2.31. The van der Waals surface area contributed by atoms with Crippen molar-refractivity contribution in [3.8, 4) is 22.5 Å². The average molecular weight is 483 g/mol. The minimum Gasteiger partial charge on any atom is -0.342 e. The monoisotopic (exact) mass is 482 g/mol. The van der Waals surface area contributed by atoms with Crippen molar-refractivity contribution in [3.63, 3.8) is 0 Å². The van der Waals surface area contributed by atoms with Gasteiger partial charge in [0.1, 0.15) is 11.6 Å². The van der Waals surface area contributed by atoms with Gasteiger partial charge in [-0.3, -0.25) is 4.98 Å². The van der Waals surface area contributed by atoms with Crippen molar-refractivity contribution in [1.29, 1.82) is 0 Å². The Morgan fingerprint density at radius 2 is 1.68 bits per heavy atom. The molecule has 0 saturated heterocycles. The zero-order chi connectivity index (χ0) is 25.1. The fourth-order valence-corrected chi connectivity index (χ4v) is 5.13. The molecule has 0 fully saturated rings. The van der Waals surface area contributed by atoms with Gasteiger partial charge in [-0.25, -0.2) is 15.0 Å². The molecule has 180 valence electrons. The minimum absolute atomic E-state index is 0.317. The molecule has 3 aromatic carbocycles. The Balaban J connectivity index is 1.37. The summed E-state index contributed by atoms with van der Waals surface area (Å²) in [5, 5.41) is 4.39. The maximum absolute atomic E-state index is 5.01. The molecule has 0 aliphatic rings. The third-order valence-corrected chi connectivity index (χ3v) is 7.14. The SMILES string of the molecule is CCc1ncc(-c2ccc3nc(-c4ccc5c(c4)c4ncccc4c4nc(C(C)C)[nH]c54)ccc3c2)[nH]1. The molecule has 4 aromatic heterocycles. The van der Waals surface area contributed by atoms with Crippen LogP contribution >= 0.6 is 0 Å². The number of aromatic amines is 2. The van der Waals surface area contributed by atoms with E-state index in [2.05, 4.69) is 90.3 Å². The highest BCUT2D eigenvalue weighted by Gasteiger charge is 2.16. The van der Waals surface area contributed by atoms with Crippen LogP contribution in [0.25, 0.3) is 66.1 Å². The molecule has 0 radical (unpaired) electrons. The first kappa shape index (κ1) is 21.7. The molecule has 7 aromatic rings. The lowest BCUT2D eigenvalue weighted by molar-refractivity contribution is 0.799. The normalized spacial score (nSPS) is 12.0. The number of imidazole rings is 2. The van der Waals surface area contributed by atoms with E-state index in [1.54, 1.807) is 0 Å². The molecule has 2 N–H and O–H groups in total. The summed E-state index contributed by atoms with van der Waals surface area (Å²) in [6, 6.07) is 21.2. The molecule has 37 heavy (non-hydrogen) atoms. The summed E-state index contributed by atoms with van der Waals surface area (Å²) < 4.78 is 0. The maximum Gasteiger partial charge on any atom is 0.109 e. The maximum atomic E-state index is 5.01. The third-order valence-electron chi connectivity index (χ3n) is 7.14. The number of rotatable bonds is 4.